The van der Waals surface area contributed by atoms with Crippen LogP contribution in [-0.4, -0.2) is 43.2 Å². The first kappa shape index (κ1) is 19.0. The topological polar surface area (TPSA) is 63.7 Å². The molecule has 0 unspecified atom stereocenters. The fraction of sp³-hybridized carbons (Fsp3) is 0.409. The first-order valence-electron chi connectivity index (χ1n) is 9.75. The minimum absolute atomic E-state index is 0.00777. The van der Waals surface area contributed by atoms with Gasteiger partial charge < -0.3 is 9.64 Å². The summed E-state index contributed by atoms with van der Waals surface area (Å²) in [5, 5.41) is -0.422. The zero-order valence-corrected chi connectivity index (χ0v) is 16.8. The molecule has 0 radical (unpaired) electrons. The molecule has 28 heavy (non-hydrogen) atoms. The van der Waals surface area contributed by atoms with Crippen LogP contribution < -0.4 is 4.74 Å². The minimum atomic E-state index is -3.37. The Bertz CT molecular complexity index is 926. The molecule has 2 aliphatic rings. The number of piperidine rings is 1. The molecule has 2 aliphatic heterocycles. The van der Waals surface area contributed by atoms with Gasteiger partial charge in [-0.2, -0.15) is 0 Å². The summed E-state index contributed by atoms with van der Waals surface area (Å²) in [6.07, 6.45) is 2.73. The van der Waals surface area contributed by atoms with Crippen molar-refractivity contribution in [2.45, 2.75) is 54.8 Å². The zero-order chi connectivity index (χ0) is 19.7. The Balaban J connectivity index is 1.42. The Morgan fingerprint density at radius 3 is 2.21 bits per heavy atom. The molecule has 0 aromatic heterocycles. The predicted octanol–water partition coefficient (Wildman–Crippen LogP) is 3.37. The third-order valence-corrected chi connectivity index (χ3v) is 8.06. The van der Waals surface area contributed by atoms with E-state index in [1.165, 1.54) is 0 Å². The molecule has 0 N–H and O–H groups in total. The molecular weight excluding hydrogens is 374 g/mol. The summed E-state index contributed by atoms with van der Waals surface area (Å²) in [5.74, 6) is 0.622. The van der Waals surface area contributed by atoms with E-state index in [1.54, 1.807) is 24.3 Å². The van der Waals surface area contributed by atoms with Crippen molar-refractivity contribution in [1.82, 2.24) is 4.90 Å². The quantitative estimate of drug-likeness (QED) is 0.773. The van der Waals surface area contributed by atoms with Crippen LogP contribution in [0.4, 0.5) is 0 Å². The highest BCUT2D eigenvalue weighted by Crippen LogP contribution is 2.39. The molecule has 148 valence electrons. The summed E-state index contributed by atoms with van der Waals surface area (Å²) in [5.41, 5.74) is 1.14. The van der Waals surface area contributed by atoms with Crippen molar-refractivity contribution in [2.24, 2.45) is 0 Å². The molecular formula is C22H25NO4S. The van der Waals surface area contributed by atoms with Crippen molar-refractivity contribution in [1.29, 1.82) is 0 Å². The Morgan fingerprint density at radius 2 is 1.61 bits per heavy atom. The van der Waals surface area contributed by atoms with Gasteiger partial charge in [0.05, 0.1) is 10.1 Å². The van der Waals surface area contributed by atoms with Gasteiger partial charge in [0.2, 0.25) is 0 Å². The van der Waals surface area contributed by atoms with Crippen molar-refractivity contribution in [2.75, 3.05) is 6.61 Å². The third kappa shape index (κ3) is 3.65. The predicted molar refractivity (Wildman–Crippen MR) is 107 cm³/mol. The van der Waals surface area contributed by atoms with Crippen LogP contribution in [0.5, 0.6) is 5.75 Å². The maximum Gasteiger partial charge on any atom is 0.261 e. The molecule has 0 aliphatic carbocycles. The molecule has 2 aromatic carbocycles. The second-order valence-corrected chi connectivity index (χ2v) is 9.97. The molecule has 2 fully saturated rings. The van der Waals surface area contributed by atoms with Crippen LogP contribution in [0.25, 0.3) is 0 Å². The van der Waals surface area contributed by atoms with Crippen molar-refractivity contribution in [3.05, 3.63) is 60.2 Å². The monoisotopic (exact) mass is 399 g/mol. The van der Waals surface area contributed by atoms with Crippen LogP contribution in [0.2, 0.25) is 0 Å². The smallest absolute Gasteiger partial charge is 0.261 e. The van der Waals surface area contributed by atoms with Gasteiger partial charge in [-0.15, -0.1) is 0 Å². The maximum atomic E-state index is 13.0. The molecule has 2 atom stereocenters. The number of aryl methyl sites for hydroxylation is 1. The zero-order valence-electron chi connectivity index (χ0n) is 16.0. The number of fused-ring (bicyclic) bond motifs is 2. The van der Waals surface area contributed by atoms with Crippen LogP contribution in [0.3, 0.4) is 0 Å². The second-order valence-electron chi connectivity index (χ2n) is 7.74. The van der Waals surface area contributed by atoms with Gasteiger partial charge in [0.1, 0.15) is 5.75 Å². The number of ether oxygens (including phenoxy) is 1. The number of amides is 1. The fourth-order valence-corrected chi connectivity index (χ4v) is 6.32. The molecule has 4 rings (SSSR count). The van der Waals surface area contributed by atoms with E-state index >= 15 is 0 Å². The van der Waals surface area contributed by atoms with E-state index in [9.17, 15) is 13.2 Å². The maximum absolute atomic E-state index is 13.0. The van der Waals surface area contributed by atoms with Crippen LogP contribution in [0, 0.1) is 6.92 Å². The first-order chi connectivity index (χ1) is 13.4. The van der Waals surface area contributed by atoms with Crippen LogP contribution >= 0.6 is 0 Å². The van der Waals surface area contributed by atoms with Crippen LogP contribution in [0.15, 0.2) is 59.5 Å². The standard InChI is InChI=1S/C22H25NO4S/c1-16-7-11-19(12-8-16)27-15-22(24)23-17-9-10-18(23)14-21(13-17)28(25,26)20-5-3-2-4-6-20/h2-8,11-12,17-18,21H,9-10,13-15H2,1H3/t17-,18-/m0/s1. The average Bonchev–Trinajstić information content (AvgIpc) is 2.97. The molecule has 5 nitrogen and oxygen atoms in total. The molecule has 0 spiro atoms. The lowest BCUT2D eigenvalue weighted by atomic mass is 10.0. The lowest BCUT2D eigenvalue weighted by Crippen LogP contribution is -2.51. The van der Waals surface area contributed by atoms with Gasteiger partial charge in [-0.05, 0) is 56.9 Å². The van der Waals surface area contributed by atoms with Gasteiger partial charge in [-0.25, -0.2) is 8.42 Å². The van der Waals surface area contributed by atoms with Gasteiger partial charge >= 0.3 is 0 Å². The number of carbonyl (C=O) groups is 1. The van der Waals surface area contributed by atoms with E-state index in [0.717, 1.165) is 18.4 Å². The number of sulfone groups is 1. The average molecular weight is 400 g/mol. The molecule has 2 saturated heterocycles. The Morgan fingerprint density at radius 1 is 1.00 bits per heavy atom. The van der Waals surface area contributed by atoms with Gasteiger partial charge in [-0.3, -0.25) is 4.79 Å². The highest BCUT2D eigenvalue weighted by molar-refractivity contribution is 7.92. The summed E-state index contributed by atoms with van der Waals surface area (Å²) in [4.78, 5) is 15.0. The number of rotatable bonds is 5. The largest absolute Gasteiger partial charge is 0.484 e. The van der Waals surface area contributed by atoms with Crippen molar-refractivity contribution < 1.29 is 17.9 Å². The molecule has 2 bridgehead atoms. The minimum Gasteiger partial charge on any atom is -0.484 e. The van der Waals surface area contributed by atoms with Gasteiger partial charge in [0.15, 0.2) is 16.4 Å². The highest BCUT2D eigenvalue weighted by atomic mass is 32.2. The number of hydrogen-bond acceptors (Lipinski definition) is 4. The van der Waals surface area contributed by atoms with Gasteiger partial charge in [0.25, 0.3) is 5.91 Å². The van der Waals surface area contributed by atoms with Gasteiger partial charge in [0, 0.05) is 12.1 Å². The number of hydrogen-bond donors (Lipinski definition) is 0. The summed E-state index contributed by atoms with van der Waals surface area (Å²) >= 11 is 0. The number of benzene rings is 2. The summed E-state index contributed by atoms with van der Waals surface area (Å²) in [7, 11) is -3.37. The number of carbonyl (C=O) groups excluding carboxylic acids is 1. The van der Waals surface area contributed by atoms with E-state index in [2.05, 4.69) is 0 Å². The Labute approximate surface area is 166 Å². The van der Waals surface area contributed by atoms with Crippen LogP contribution in [0.1, 0.15) is 31.2 Å². The van der Waals surface area contributed by atoms with E-state index in [-0.39, 0.29) is 24.6 Å². The van der Waals surface area contributed by atoms with Gasteiger partial charge in [-0.1, -0.05) is 35.9 Å². The van der Waals surface area contributed by atoms with E-state index in [1.807, 2.05) is 42.2 Å². The molecule has 1 amide bonds. The van der Waals surface area contributed by atoms with Crippen molar-refractivity contribution >= 4 is 15.7 Å². The summed E-state index contributed by atoms with van der Waals surface area (Å²) < 4.78 is 31.6. The van der Waals surface area contributed by atoms with Crippen molar-refractivity contribution in [3.63, 3.8) is 0 Å². The fourth-order valence-electron chi connectivity index (χ4n) is 4.44. The Kier molecular flexibility index (Phi) is 5.15. The molecule has 6 heteroatoms. The van der Waals surface area contributed by atoms with Crippen molar-refractivity contribution in [3.8, 4) is 5.75 Å². The third-order valence-electron chi connectivity index (χ3n) is 5.87. The van der Waals surface area contributed by atoms with Crippen LogP contribution in [-0.2, 0) is 14.6 Å². The molecule has 2 aromatic rings. The summed E-state index contributed by atoms with van der Waals surface area (Å²) in [6.45, 7) is 1.99. The summed E-state index contributed by atoms with van der Waals surface area (Å²) in [6, 6.07) is 16.2. The van der Waals surface area contributed by atoms with E-state index in [4.69, 9.17) is 4.74 Å². The van der Waals surface area contributed by atoms with E-state index in [0.29, 0.717) is 23.5 Å². The lowest BCUT2D eigenvalue weighted by molar-refractivity contribution is -0.137. The molecule has 0 saturated carbocycles. The van der Waals surface area contributed by atoms with E-state index < -0.39 is 15.1 Å². The second kappa shape index (κ2) is 7.59. The Hall–Kier alpha value is -2.34. The SMILES string of the molecule is Cc1ccc(OCC(=O)N2[C@H]3CC[C@H]2CC(S(=O)(=O)c2ccccc2)C3)cc1. The normalized spacial score (nSPS) is 24.2. The lowest BCUT2D eigenvalue weighted by Gasteiger charge is -2.38. The number of nitrogens with zero attached hydrogens (tertiary/aromatic N) is 1. The highest BCUT2D eigenvalue weighted by Gasteiger charge is 2.47. The first-order valence-corrected chi connectivity index (χ1v) is 11.3. The molecule has 2 heterocycles.